The van der Waals surface area contributed by atoms with Crippen molar-refractivity contribution in [2.45, 2.75) is 13.8 Å². The van der Waals surface area contributed by atoms with Crippen molar-refractivity contribution in [3.05, 3.63) is 16.1 Å². The van der Waals surface area contributed by atoms with Crippen LogP contribution < -0.4 is 0 Å². The van der Waals surface area contributed by atoms with Crippen molar-refractivity contribution in [1.29, 1.82) is 0 Å². The van der Waals surface area contributed by atoms with Crippen molar-refractivity contribution in [2.24, 2.45) is 0 Å². The summed E-state index contributed by atoms with van der Waals surface area (Å²) in [5.74, 6) is 0. The van der Waals surface area contributed by atoms with Gasteiger partial charge in [0.25, 0.3) is 0 Å². The smallest absolute Gasteiger partial charge is 0.0897 e. The molecular formula is C6H11NOS. The Bertz CT molecular complexity index is 145. The SMILES string of the molecule is CO.Cc1csc(C)n1. The maximum absolute atomic E-state index is 7.00. The molecule has 0 aromatic carbocycles. The van der Waals surface area contributed by atoms with Crippen LogP contribution in [0.3, 0.4) is 0 Å². The van der Waals surface area contributed by atoms with E-state index in [0.717, 1.165) is 17.8 Å². The number of hydrogen-bond donors (Lipinski definition) is 1. The number of aliphatic hydroxyl groups is 1. The molecule has 9 heavy (non-hydrogen) atoms. The predicted octanol–water partition coefficient (Wildman–Crippen LogP) is 1.37. The molecule has 0 atom stereocenters. The summed E-state index contributed by atoms with van der Waals surface area (Å²) in [7, 11) is 1.00. The van der Waals surface area contributed by atoms with Gasteiger partial charge < -0.3 is 5.11 Å². The van der Waals surface area contributed by atoms with E-state index in [1.807, 2.05) is 13.8 Å². The number of aliphatic hydroxyl groups excluding tert-OH is 1. The number of rotatable bonds is 0. The number of nitrogens with zero attached hydrogens (tertiary/aromatic N) is 1. The summed E-state index contributed by atoms with van der Waals surface area (Å²) >= 11 is 1.69. The van der Waals surface area contributed by atoms with Crippen LogP contribution in [0.1, 0.15) is 10.7 Å². The van der Waals surface area contributed by atoms with Crippen LogP contribution >= 0.6 is 11.3 Å². The fraction of sp³-hybridized carbons (Fsp3) is 0.500. The molecule has 1 rings (SSSR count). The molecule has 1 aromatic rings. The van der Waals surface area contributed by atoms with E-state index in [2.05, 4.69) is 10.4 Å². The summed E-state index contributed by atoms with van der Waals surface area (Å²) in [6.45, 7) is 4.02. The van der Waals surface area contributed by atoms with Gasteiger partial charge in [-0.15, -0.1) is 11.3 Å². The second-order valence-electron chi connectivity index (χ2n) is 1.51. The molecule has 1 aromatic heterocycles. The van der Waals surface area contributed by atoms with Crippen LogP contribution in [0.5, 0.6) is 0 Å². The highest BCUT2D eigenvalue weighted by Crippen LogP contribution is 2.04. The summed E-state index contributed by atoms with van der Waals surface area (Å²) in [5.41, 5.74) is 1.13. The van der Waals surface area contributed by atoms with Crippen LogP contribution in [-0.2, 0) is 0 Å². The highest BCUT2D eigenvalue weighted by atomic mass is 32.1. The normalized spacial score (nSPS) is 8.00. The minimum absolute atomic E-state index is 1.00. The Morgan fingerprint density at radius 3 is 2.11 bits per heavy atom. The summed E-state index contributed by atoms with van der Waals surface area (Å²) in [5, 5.41) is 10.2. The van der Waals surface area contributed by atoms with Crippen LogP contribution in [0.15, 0.2) is 5.38 Å². The minimum atomic E-state index is 1.00. The predicted molar refractivity (Wildman–Crippen MR) is 39.7 cm³/mol. The van der Waals surface area contributed by atoms with Gasteiger partial charge in [-0.05, 0) is 13.8 Å². The molecule has 1 N–H and O–H groups in total. The monoisotopic (exact) mass is 145 g/mol. The lowest BCUT2D eigenvalue weighted by molar-refractivity contribution is 0.399. The zero-order valence-corrected chi connectivity index (χ0v) is 6.70. The largest absolute Gasteiger partial charge is 0.400 e. The van der Waals surface area contributed by atoms with Crippen molar-refractivity contribution < 1.29 is 5.11 Å². The Labute approximate surface area is 59.2 Å². The van der Waals surface area contributed by atoms with Gasteiger partial charge in [0, 0.05) is 18.2 Å². The van der Waals surface area contributed by atoms with Crippen molar-refractivity contribution >= 4 is 11.3 Å². The summed E-state index contributed by atoms with van der Waals surface area (Å²) in [6.07, 6.45) is 0. The number of thiazole rings is 1. The lowest BCUT2D eigenvalue weighted by atomic mass is 10.6. The molecule has 0 aliphatic heterocycles. The molecule has 0 aliphatic rings. The van der Waals surface area contributed by atoms with E-state index >= 15 is 0 Å². The number of aromatic nitrogens is 1. The molecule has 1 heterocycles. The van der Waals surface area contributed by atoms with Crippen LogP contribution in [-0.4, -0.2) is 17.2 Å². The van der Waals surface area contributed by atoms with Gasteiger partial charge in [-0.3, -0.25) is 0 Å². The third-order valence-electron chi connectivity index (χ3n) is 0.734. The van der Waals surface area contributed by atoms with Crippen molar-refractivity contribution in [3.8, 4) is 0 Å². The van der Waals surface area contributed by atoms with Gasteiger partial charge >= 0.3 is 0 Å². The highest BCUT2D eigenvalue weighted by Gasteiger charge is 1.85. The Morgan fingerprint density at radius 1 is 1.44 bits per heavy atom. The van der Waals surface area contributed by atoms with Gasteiger partial charge in [0.1, 0.15) is 0 Å². The van der Waals surface area contributed by atoms with E-state index in [9.17, 15) is 0 Å². The van der Waals surface area contributed by atoms with Gasteiger partial charge in [-0.2, -0.15) is 0 Å². The minimum Gasteiger partial charge on any atom is -0.400 e. The van der Waals surface area contributed by atoms with Gasteiger partial charge in [0.15, 0.2) is 0 Å². The van der Waals surface area contributed by atoms with Crippen LogP contribution in [0.4, 0.5) is 0 Å². The number of aryl methyl sites for hydroxylation is 2. The van der Waals surface area contributed by atoms with Gasteiger partial charge in [-0.25, -0.2) is 4.98 Å². The lowest BCUT2D eigenvalue weighted by Crippen LogP contribution is -1.67. The van der Waals surface area contributed by atoms with Gasteiger partial charge in [0.05, 0.1) is 5.01 Å². The maximum atomic E-state index is 7.00. The highest BCUT2D eigenvalue weighted by molar-refractivity contribution is 7.09. The van der Waals surface area contributed by atoms with E-state index in [0.29, 0.717) is 0 Å². The molecule has 2 nitrogen and oxygen atoms in total. The maximum Gasteiger partial charge on any atom is 0.0897 e. The first-order chi connectivity index (χ1) is 4.29. The van der Waals surface area contributed by atoms with Crippen molar-refractivity contribution in [3.63, 3.8) is 0 Å². The zero-order chi connectivity index (χ0) is 7.28. The third-order valence-corrected chi connectivity index (χ3v) is 1.63. The molecule has 0 bridgehead atoms. The second kappa shape index (κ2) is 4.47. The quantitative estimate of drug-likeness (QED) is 0.598. The molecule has 0 saturated carbocycles. The average molecular weight is 145 g/mol. The molecular weight excluding hydrogens is 134 g/mol. The molecule has 52 valence electrons. The third kappa shape index (κ3) is 3.21. The lowest BCUT2D eigenvalue weighted by Gasteiger charge is -1.71. The van der Waals surface area contributed by atoms with Crippen LogP contribution in [0.25, 0.3) is 0 Å². The van der Waals surface area contributed by atoms with E-state index in [-0.39, 0.29) is 0 Å². The molecule has 0 saturated heterocycles. The van der Waals surface area contributed by atoms with E-state index in [1.54, 1.807) is 11.3 Å². The average Bonchev–Trinajstić information content (AvgIpc) is 2.20. The molecule has 0 unspecified atom stereocenters. The first-order valence-corrected chi connectivity index (χ1v) is 3.50. The van der Waals surface area contributed by atoms with E-state index in [4.69, 9.17) is 5.11 Å². The first kappa shape index (κ1) is 8.59. The zero-order valence-electron chi connectivity index (χ0n) is 5.88. The molecule has 0 aliphatic carbocycles. The fourth-order valence-corrected chi connectivity index (χ4v) is 1.06. The Balaban J connectivity index is 0.000000291. The van der Waals surface area contributed by atoms with Crippen LogP contribution in [0, 0.1) is 13.8 Å². The molecule has 0 radical (unpaired) electrons. The second-order valence-corrected chi connectivity index (χ2v) is 2.57. The molecule has 3 heteroatoms. The van der Waals surface area contributed by atoms with Crippen LogP contribution in [0.2, 0.25) is 0 Å². The van der Waals surface area contributed by atoms with E-state index < -0.39 is 0 Å². The Morgan fingerprint density at radius 2 is 2.00 bits per heavy atom. The fourth-order valence-electron chi connectivity index (χ4n) is 0.472. The van der Waals surface area contributed by atoms with E-state index in [1.165, 1.54) is 0 Å². The Hall–Kier alpha value is -0.410. The number of hydrogen-bond acceptors (Lipinski definition) is 3. The summed E-state index contributed by atoms with van der Waals surface area (Å²) in [6, 6.07) is 0. The topological polar surface area (TPSA) is 33.1 Å². The van der Waals surface area contributed by atoms with Crippen molar-refractivity contribution in [2.75, 3.05) is 7.11 Å². The Kier molecular flexibility index (Phi) is 4.26. The standard InChI is InChI=1S/C5H7NS.CH4O/c1-4-3-7-5(2)6-4;1-2/h3H,1-2H3;2H,1H3. The molecule has 0 spiro atoms. The summed E-state index contributed by atoms with van der Waals surface area (Å²) in [4.78, 5) is 4.13. The molecule has 0 fully saturated rings. The van der Waals surface area contributed by atoms with Gasteiger partial charge in [0.2, 0.25) is 0 Å². The molecule has 0 amide bonds. The first-order valence-electron chi connectivity index (χ1n) is 2.62. The van der Waals surface area contributed by atoms with Gasteiger partial charge in [-0.1, -0.05) is 0 Å². The summed E-state index contributed by atoms with van der Waals surface area (Å²) < 4.78 is 0. The van der Waals surface area contributed by atoms with Crippen molar-refractivity contribution in [1.82, 2.24) is 4.98 Å².